The molecular formula is C23H21FN6O. The first kappa shape index (κ1) is 19.2. The van der Waals surface area contributed by atoms with E-state index in [1.54, 1.807) is 27.8 Å². The second-order valence-electron chi connectivity index (χ2n) is 7.66. The first-order valence-corrected chi connectivity index (χ1v) is 9.96. The quantitative estimate of drug-likeness (QED) is 0.535. The van der Waals surface area contributed by atoms with Crippen molar-refractivity contribution in [3.8, 4) is 11.1 Å². The summed E-state index contributed by atoms with van der Waals surface area (Å²) in [7, 11) is 1.83. The molecule has 1 unspecified atom stereocenters. The van der Waals surface area contributed by atoms with E-state index >= 15 is 4.39 Å². The van der Waals surface area contributed by atoms with Crippen LogP contribution in [0.5, 0.6) is 0 Å². The van der Waals surface area contributed by atoms with E-state index in [0.717, 1.165) is 5.56 Å². The summed E-state index contributed by atoms with van der Waals surface area (Å²) in [5.74, 6) is -0.317. The van der Waals surface area contributed by atoms with Gasteiger partial charge in [-0.2, -0.15) is 0 Å². The van der Waals surface area contributed by atoms with Gasteiger partial charge in [0.25, 0.3) is 0 Å². The third-order valence-corrected chi connectivity index (χ3v) is 5.86. The average Bonchev–Trinajstić information content (AvgIpc) is 3.36. The van der Waals surface area contributed by atoms with E-state index in [1.165, 1.54) is 6.33 Å². The Kier molecular flexibility index (Phi) is 4.44. The van der Waals surface area contributed by atoms with Crippen molar-refractivity contribution in [2.45, 2.75) is 12.5 Å². The van der Waals surface area contributed by atoms with Crippen LogP contribution in [0.4, 0.5) is 15.9 Å². The fraction of sp³-hybridized carbons (Fsp3) is 0.174. The van der Waals surface area contributed by atoms with E-state index in [0.29, 0.717) is 52.2 Å². The first-order valence-electron chi connectivity index (χ1n) is 9.96. The number of halogens is 1. The molecule has 5 rings (SSSR count). The lowest BCUT2D eigenvalue weighted by atomic mass is 10.0. The Morgan fingerprint density at radius 1 is 1.13 bits per heavy atom. The molecule has 1 atom stereocenters. The number of aryl methyl sites for hydroxylation is 1. The summed E-state index contributed by atoms with van der Waals surface area (Å²) in [6.07, 6.45) is 3.60. The van der Waals surface area contributed by atoms with Crippen LogP contribution in [0.1, 0.15) is 17.2 Å². The molecule has 8 heteroatoms. The predicted octanol–water partition coefficient (Wildman–Crippen LogP) is 2.95. The topological polar surface area (TPSA) is 103 Å². The number of fused-ring (bicyclic) bond motifs is 2. The first-order chi connectivity index (χ1) is 15.0. The smallest absolute Gasteiger partial charge is 0.248 e. The average molecular weight is 416 g/mol. The van der Waals surface area contributed by atoms with Gasteiger partial charge in [-0.15, -0.1) is 0 Å². The SMILES string of the molecule is Cn1cc(-c2ccc3c(c2F)CCN3C(=O)C(N)c2ccccc2)c2c(N)ncnc21. The lowest BCUT2D eigenvalue weighted by Gasteiger charge is -2.22. The van der Waals surface area contributed by atoms with E-state index in [-0.39, 0.29) is 11.7 Å². The number of nitrogen functional groups attached to an aromatic ring is 1. The van der Waals surface area contributed by atoms with Crippen molar-refractivity contribution in [3.63, 3.8) is 0 Å². The van der Waals surface area contributed by atoms with E-state index in [9.17, 15) is 4.79 Å². The Hall–Kier alpha value is -3.78. The number of hydrogen-bond donors (Lipinski definition) is 2. The summed E-state index contributed by atoms with van der Waals surface area (Å²) in [6.45, 7) is 0.385. The molecule has 4 aromatic rings. The largest absolute Gasteiger partial charge is 0.383 e. The van der Waals surface area contributed by atoms with Crippen LogP contribution >= 0.6 is 0 Å². The van der Waals surface area contributed by atoms with Crippen molar-refractivity contribution in [2.24, 2.45) is 12.8 Å². The molecule has 0 saturated heterocycles. The summed E-state index contributed by atoms with van der Waals surface area (Å²) >= 11 is 0. The minimum absolute atomic E-state index is 0.250. The fourth-order valence-electron chi connectivity index (χ4n) is 4.29. The normalized spacial score (nSPS) is 14.1. The molecule has 0 spiro atoms. The molecule has 0 saturated carbocycles. The molecule has 0 radical (unpaired) electrons. The molecule has 1 aliphatic rings. The van der Waals surface area contributed by atoms with Crippen LogP contribution < -0.4 is 16.4 Å². The highest BCUT2D eigenvalue weighted by molar-refractivity contribution is 6.02. The van der Waals surface area contributed by atoms with Crippen molar-refractivity contribution < 1.29 is 9.18 Å². The summed E-state index contributed by atoms with van der Waals surface area (Å²) < 4.78 is 17.4. The van der Waals surface area contributed by atoms with Crippen LogP contribution in [0.3, 0.4) is 0 Å². The van der Waals surface area contributed by atoms with E-state index in [1.807, 2.05) is 37.4 Å². The van der Waals surface area contributed by atoms with Crippen molar-refractivity contribution in [1.82, 2.24) is 14.5 Å². The molecule has 0 fully saturated rings. The number of aromatic nitrogens is 3. The number of nitrogens with zero attached hydrogens (tertiary/aromatic N) is 4. The monoisotopic (exact) mass is 416 g/mol. The molecule has 0 bridgehead atoms. The number of benzene rings is 2. The van der Waals surface area contributed by atoms with Crippen molar-refractivity contribution in [2.75, 3.05) is 17.2 Å². The summed E-state index contributed by atoms with van der Waals surface area (Å²) in [5.41, 5.74) is 15.7. The van der Waals surface area contributed by atoms with E-state index < -0.39 is 6.04 Å². The van der Waals surface area contributed by atoms with Crippen LogP contribution in [0.25, 0.3) is 22.2 Å². The van der Waals surface area contributed by atoms with Gasteiger partial charge in [-0.3, -0.25) is 4.79 Å². The molecule has 156 valence electrons. The number of hydrogen-bond acceptors (Lipinski definition) is 5. The van der Waals surface area contributed by atoms with Crippen LogP contribution in [-0.4, -0.2) is 27.0 Å². The molecule has 7 nitrogen and oxygen atoms in total. The molecule has 2 aromatic carbocycles. The lowest BCUT2D eigenvalue weighted by molar-refractivity contribution is -0.119. The zero-order valence-electron chi connectivity index (χ0n) is 16.9. The minimum Gasteiger partial charge on any atom is -0.383 e. The number of carbonyl (C=O) groups is 1. The molecule has 31 heavy (non-hydrogen) atoms. The van der Waals surface area contributed by atoms with Gasteiger partial charge < -0.3 is 20.9 Å². The molecule has 4 N–H and O–H groups in total. The zero-order valence-corrected chi connectivity index (χ0v) is 16.9. The highest BCUT2D eigenvalue weighted by atomic mass is 19.1. The van der Waals surface area contributed by atoms with Gasteiger partial charge in [0, 0.05) is 42.2 Å². The Bertz CT molecular complexity index is 1320. The Morgan fingerprint density at radius 3 is 2.68 bits per heavy atom. The van der Waals surface area contributed by atoms with Gasteiger partial charge >= 0.3 is 0 Å². The predicted molar refractivity (Wildman–Crippen MR) is 118 cm³/mol. The van der Waals surface area contributed by atoms with Crippen LogP contribution in [0.15, 0.2) is 55.0 Å². The van der Waals surface area contributed by atoms with Gasteiger partial charge in [0.1, 0.15) is 29.7 Å². The third kappa shape index (κ3) is 2.95. The fourth-order valence-corrected chi connectivity index (χ4v) is 4.29. The van der Waals surface area contributed by atoms with E-state index in [4.69, 9.17) is 11.5 Å². The number of anilines is 2. The number of carbonyl (C=O) groups excluding carboxylic acids is 1. The third-order valence-electron chi connectivity index (χ3n) is 5.86. The molecule has 2 aromatic heterocycles. The van der Waals surface area contributed by atoms with Gasteiger partial charge in [-0.25, -0.2) is 14.4 Å². The van der Waals surface area contributed by atoms with Crippen LogP contribution in [0, 0.1) is 5.82 Å². The van der Waals surface area contributed by atoms with Crippen LogP contribution in [0.2, 0.25) is 0 Å². The van der Waals surface area contributed by atoms with Gasteiger partial charge in [-0.05, 0) is 24.1 Å². The maximum absolute atomic E-state index is 15.6. The molecular weight excluding hydrogens is 395 g/mol. The highest BCUT2D eigenvalue weighted by Gasteiger charge is 2.32. The number of rotatable bonds is 3. The van der Waals surface area contributed by atoms with Gasteiger partial charge in [-0.1, -0.05) is 30.3 Å². The molecule has 1 aliphatic heterocycles. The van der Waals surface area contributed by atoms with Crippen molar-refractivity contribution in [3.05, 3.63) is 71.9 Å². The van der Waals surface area contributed by atoms with E-state index in [2.05, 4.69) is 9.97 Å². The molecule has 3 heterocycles. The Balaban J connectivity index is 1.55. The summed E-state index contributed by atoms with van der Waals surface area (Å²) in [5, 5.41) is 0.612. The summed E-state index contributed by atoms with van der Waals surface area (Å²) in [4.78, 5) is 22.9. The second kappa shape index (κ2) is 7.17. The lowest BCUT2D eigenvalue weighted by Crippen LogP contribution is -2.37. The number of amides is 1. The summed E-state index contributed by atoms with van der Waals surface area (Å²) in [6, 6.07) is 11.8. The zero-order chi connectivity index (χ0) is 21.7. The standard InChI is InChI=1S/C23H21FN6O/c1-29-11-16(18-21(26)27-12-28-22(18)29)14-7-8-17-15(19(14)24)9-10-30(17)23(31)20(25)13-5-3-2-4-6-13/h2-8,11-12,20H,9-10,25H2,1H3,(H2,26,27,28). The maximum Gasteiger partial charge on any atom is 0.248 e. The minimum atomic E-state index is -0.801. The van der Waals surface area contributed by atoms with Gasteiger partial charge in [0.15, 0.2) is 0 Å². The second-order valence-corrected chi connectivity index (χ2v) is 7.66. The number of nitrogens with two attached hydrogens (primary N) is 2. The Morgan fingerprint density at radius 2 is 1.90 bits per heavy atom. The Labute approximate surface area is 178 Å². The molecule has 1 amide bonds. The van der Waals surface area contributed by atoms with Gasteiger partial charge in [0.2, 0.25) is 5.91 Å². The van der Waals surface area contributed by atoms with Crippen LogP contribution in [-0.2, 0) is 18.3 Å². The van der Waals surface area contributed by atoms with Gasteiger partial charge in [0.05, 0.1) is 5.39 Å². The van der Waals surface area contributed by atoms with Crippen molar-refractivity contribution >= 4 is 28.4 Å². The highest BCUT2D eigenvalue weighted by Crippen LogP contribution is 2.40. The molecule has 0 aliphatic carbocycles. The maximum atomic E-state index is 15.6. The van der Waals surface area contributed by atoms with Crippen molar-refractivity contribution in [1.29, 1.82) is 0 Å².